The Labute approximate surface area is 177 Å². The van der Waals surface area contributed by atoms with Crippen LogP contribution in [0.5, 0.6) is 5.75 Å². The summed E-state index contributed by atoms with van der Waals surface area (Å²) in [5.41, 5.74) is 1.13. The van der Waals surface area contributed by atoms with Crippen LogP contribution in [0.15, 0.2) is 48.5 Å². The molecule has 0 aliphatic heterocycles. The number of likely N-dealkylation sites (N-methyl/N-ethyl adjacent to an activating group) is 1. The van der Waals surface area contributed by atoms with Crippen molar-refractivity contribution in [3.8, 4) is 5.75 Å². The molecular weight excluding hydrogens is 390 g/mol. The number of carbonyl (C=O) groups excluding carboxylic acids is 2. The Hall–Kier alpha value is -2.57. The van der Waals surface area contributed by atoms with Gasteiger partial charge in [0.15, 0.2) is 6.10 Å². The van der Waals surface area contributed by atoms with Crippen molar-refractivity contribution in [2.24, 2.45) is 0 Å². The molecule has 156 valence electrons. The number of halogens is 1. The predicted octanol–water partition coefficient (Wildman–Crippen LogP) is 3.82. The lowest BCUT2D eigenvalue weighted by Crippen LogP contribution is -2.34. The Morgan fingerprint density at radius 3 is 2.34 bits per heavy atom. The van der Waals surface area contributed by atoms with Gasteiger partial charge in [-0.15, -0.1) is 0 Å². The third kappa shape index (κ3) is 7.07. The lowest BCUT2D eigenvalue weighted by Gasteiger charge is -2.18. The Balaban J connectivity index is 1.85. The van der Waals surface area contributed by atoms with E-state index in [9.17, 15) is 9.59 Å². The van der Waals surface area contributed by atoms with Gasteiger partial charge < -0.3 is 20.3 Å². The SMILES string of the molecule is CCN(CC)CCNC(=O)c1ccc(NC(=O)C(C)Oc2ccccc2Cl)cc1. The molecule has 0 radical (unpaired) electrons. The van der Waals surface area contributed by atoms with E-state index < -0.39 is 6.10 Å². The molecule has 2 rings (SSSR count). The molecule has 0 heterocycles. The first kappa shape index (κ1) is 22.7. The summed E-state index contributed by atoms with van der Waals surface area (Å²) < 4.78 is 5.61. The van der Waals surface area contributed by atoms with E-state index in [1.54, 1.807) is 55.5 Å². The monoisotopic (exact) mass is 417 g/mol. The van der Waals surface area contributed by atoms with Crippen LogP contribution >= 0.6 is 11.6 Å². The van der Waals surface area contributed by atoms with Gasteiger partial charge in [-0.2, -0.15) is 0 Å². The molecule has 0 aliphatic carbocycles. The summed E-state index contributed by atoms with van der Waals surface area (Å²) >= 11 is 6.05. The standard InChI is InChI=1S/C22H28ClN3O3/c1-4-26(5-2)15-14-24-22(28)17-10-12-18(13-11-17)25-21(27)16(3)29-20-9-7-6-8-19(20)23/h6-13,16H,4-5,14-15H2,1-3H3,(H,24,28)(H,25,27). The van der Waals surface area contributed by atoms with E-state index >= 15 is 0 Å². The summed E-state index contributed by atoms with van der Waals surface area (Å²) in [5, 5.41) is 6.13. The van der Waals surface area contributed by atoms with Crippen molar-refractivity contribution in [1.29, 1.82) is 0 Å². The summed E-state index contributed by atoms with van der Waals surface area (Å²) in [6, 6.07) is 13.7. The topological polar surface area (TPSA) is 70.7 Å². The molecular formula is C22H28ClN3O3. The molecule has 0 spiro atoms. The second-order valence-electron chi connectivity index (χ2n) is 6.54. The van der Waals surface area contributed by atoms with Gasteiger partial charge in [0.2, 0.25) is 0 Å². The summed E-state index contributed by atoms with van der Waals surface area (Å²) in [4.78, 5) is 26.8. The average Bonchev–Trinajstić information content (AvgIpc) is 2.73. The van der Waals surface area contributed by atoms with Crippen molar-refractivity contribution in [2.75, 3.05) is 31.5 Å². The molecule has 29 heavy (non-hydrogen) atoms. The van der Waals surface area contributed by atoms with Gasteiger partial charge in [-0.05, 0) is 56.4 Å². The maximum absolute atomic E-state index is 12.3. The van der Waals surface area contributed by atoms with E-state index in [4.69, 9.17) is 16.3 Å². The maximum atomic E-state index is 12.3. The lowest BCUT2D eigenvalue weighted by atomic mass is 10.2. The Morgan fingerprint density at radius 2 is 1.72 bits per heavy atom. The van der Waals surface area contributed by atoms with Crippen LogP contribution in [0.3, 0.4) is 0 Å². The summed E-state index contributed by atoms with van der Waals surface area (Å²) in [7, 11) is 0. The van der Waals surface area contributed by atoms with Gasteiger partial charge in [0.05, 0.1) is 5.02 Å². The highest BCUT2D eigenvalue weighted by molar-refractivity contribution is 6.32. The first-order valence-electron chi connectivity index (χ1n) is 9.77. The number of rotatable bonds is 10. The highest BCUT2D eigenvalue weighted by atomic mass is 35.5. The summed E-state index contributed by atoms with van der Waals surface area (Å²) in [6.07, 6.45) is -0.724. The van der Waals surface area contributed by atoms with Crippen molar-refractivity contribution < 1.29 is 14.3 Å². The van der Waals surface area contributed by atoms with E-state index in [2.05, 4.69) is 29.4 Å². The molecule has 2 N–H and O–H groups in total. The molecule has 0 saturated heterocycles. The molecule has 2 amide bonds. The molecule has 1 atom stereocenters. The zero-order chi connectivity index (χ0) is 21.2. The summed E-state index contributed by atoms with van der Waals surface area (Å²) in [6.45, 7) is 9.17. The number of amides is 2. The fourth-order valence-electron chi connectivity index (χ4n) is 2.70. The van der Waals surface area contributed by atoms with Gasteiger partial charge in [0, 0.05) is 24.3 Å². The first-order valence-corrected chi connectivity index (χ1v) is 10.1. The number of hydrogen-bond acceptors (Lipinski definition) is 4. The number of nitrogens with one attached hydrogen (secondary N) is 2. The van der Waals surface area contributed by atoms with Crippen molar-refractivity contribution >= 4 is 29.1 Å². The molecule has 1 unspecified atom stereocenters. The Morgan fingerprint density at radius 1 is 1.07 bits per heavy atom. The van der Waals surface area contributed by atoms with Crippen LogP contribution in [0.4, 0.5) is 5.69 Å². The largest absolute Gasteiger partial charge is 0.479 e. The van der Waals surface area contributed by atoms with Crippen LogP contribution in [0.2, 0.25) is 5.02 Å². The van der Waals surface area contributed by atoms with Crippen LogP contribution in [0.25, 0.3) is 0 Å². The highest BCUT2D eigenvalue weighted by Gasteiger charge is 2.16. The van der Waals surface area contributed by atoms with Gasteiger partial charge >= 0.3 is 0 Å². The smallest absolute Gasteiger partial charge is 0.265 e. The molecule has 2 aromatic rings. The minimum Gasteiger partial charge on any atom is -0.479 e. The highest BCUT2D eigenvalue weighted by Crippen LogP contribution is 2.24. The summed E-state index contributed by atoms with van der Waals surface area (Å²) in [5.74, 6) is 0.0142. The van der Waals surface area contributed by atoms with Crippen molar-refractivity contribution in [2.45, 2.75) is 26.9 Å². The quantitative estimate of drug-likeness (QED) is 0.616. The van der Waals surface area contributed by atoms with E-state index in [0.717, 1.165) is 19.6 Å². The number of ether oxygens (including phenoxy) is 1. The molecule has 7 heteroatoms. The van der Waals surface area contributed by atoms with Crippen LogP contribution in [-0.2, 0) is 4.79 Å². The third-order valence-electron chi connectivity index (χ3n) is 4.53. The van der Waals surface area contributed by atoms with Gasteiger partial charge in [-0.3, -0.25) is 9.59 Å². The van der Waals surface area contributed by atoms with Crippen LogP contribution in [0.1, 0.15) is 31.1 Å². The minimum absolute atomic E-state index is 0.134. The van der Waals surface area contributed by atoms with Gasteiger partial charge in [0.25, 0.3) is 11.8 Å². The van der Waals surface area contributed by atoms with Crippen LogP contribution in [-0.4, -0.2) is 49.0 Å². The Kier molecular flexibility index (Phi) is 8.96. The Bertz CT molecular complexity index is 807. The molecule has 0 bridgehead atoms. The van der Waals surface area contributed by atoms with Crippen LogP contribution < -0.4 is 15.4 Å². The average molecular weight is 418 g/mol. The number of benzene rings is 2. The second-order valence-corrected chi connectivity index (χ2v) is 6.95. The van der Waals surface area contributed by atoms with E-state index in [1.807, 2.05) is 0 Å². The number of nitrogens with zero attached hydrogens (tertiary/aromatic N) is 1. The molecule has 0 aromatic heterocycles. The zero-order valence-corrected chi connectivity index (χ0v) is 17.8. The van der Waals surface area contributed by atoms with Crippen molar-refractivity contribution in [1.82, 2.24) is 10.2 Å². The van der Waals surface area contributed by atoms with Crippen molar-refractivity contribution in [3.63, 3.8) is 0 Å². The molecule has 0 aliphatic rings. The number of carbonyl (C=O) groups is 2. The van der Waals surface area contributed by atoms with Crippen molar-refractivity contribution in [3.05, 3.63) is 59.1 Å². The van der Waals surface area contributed by atoms with E-state index in [0.29, 0.717) is 28.6 Å². The minimum atomic E-state index is -0.724. The molecule has 0 saturated carbocycles. The zero-order valence-electron chi connectivity index (χ0n) is 17.1. The number of anilines is 1. The molecule has 6 nitrogen and oxygen atoms in total. The van der Waals surface area contributed by atoms with Crippen LogP contribution in [0, 0.1) is 0 Å². The predicted molar refractivity (Wildman–Crippen MR) is 117 cm³/mol. The lowest BCUT2D eigenvalue weighted by molar-refractivity contribution is -0.122. The fraction of sp³-hybridized carbons (Fsp3) is 0.364. The number of para-hydroxylation sites is 1. The van der Waals surface area contributed by atoms with Gasteiger partial charge in [-0.1, -0.05) is 37.6 Å². The van der Waals surface area contributed by atoms with Gasteiger partial charge in [0.1, 0.15) is 5.75 Å². The first-order chi connectivity index (χ1) is 13.9. The van der Waals surface area contributed by atoms with E-state index in [-0.39, 0.29) is 11.8 Å². The number of hydrogen-bond donors (Lipinski definition) is 2. The molecule has 2 aromatic carbocycles. The second kappa shape index (κ2) is 11.4. The maximum Gasteiger partial charge on any atom is 0.265 e. The third-order valence-corrected chi connectivity index (χ3v) is 4.84. The molecule has 0 fully saturated rings. The van der Waals surface area contributed by atoms with Gasteiger partial charge in [-0.25, -0.2) is 0 Å². The fourth-order valence-corrected chi connectivity index (χ4v) is 2.88. The van der Waals surface area contributed by atoms with E-state index in [1.165, 1.54) is 0 Å². The normalized spacial score (nSPS) is 11.8.